The van der Waals surface area contributed by atoms with Crippen LogP contribution in [0, 0.1) is 11.6 Å². The van der Waals surface area contributed by atoms with Crippen LogP contribution in [-0.4, -0.2) is 53.2 Å². The summed E-state index contributed by atoms with van der Waals surface area (Å²) < 4.78 is 42.0. The van der Waals surface area contributed by atoms with E-state index >= 15 is 4.39 Å². The van der Waals surface area contributed by atoms with Crippen LogP contribution in [0.25, 0.3) is 0 Å². The van der Waals surface area contributed by atoms with Crippen molar-refractivity contribution in [1.82, 2.24) is 9.97 Å². The molecule has 3 aliphatic rings. The summed E-state index contributed by atoms with van der Waals surface area (Å²) in [6, 6.07) is 13.5. The van der Waals surface area contributed by atoms with Gasteiger partial charge in [-0.2, -0.15) is 0 Å². The molecule has 4 aromatic rings. The van der Waals surface area contributed by atoms with Crippen LogP contribution < -0.4 is 15.3 Å². The van der Waals surface area contributed by atoms with Crippen molar-refractivity contribution in [3.05, 3.63) is 110 Å². The summed E-state index contributed by atoms with van der Waals surface area (Å²) in [5.74, 6) is -1.22. The number of hydrogen-bond donors (Lipinski definition) is 0. The van der Waals surface area contributed by atoms with Crippen molar-refractivity contribution < 1.29 is 27.7 Å². The summed E-state index contributed by atoms with van der Waals surface area (Å²) in [5, 5.41) is 0.596. The summed E-state index contributed by atoms with van der Waals surface area (Å²) in [4.78, 5) is 36.2. The Balaban J connectivity index is 0.000000182. The Morgan fingerprint density at radius 1 is 0.800 bits per heavy atom. The monoisotopic (exact) mass is 784 g/mol. The van der Waals surface area contributed by atoms with E-state index in [1.807, 2.05) is 39.8 Å². The van der Waals surface area contributed by atoms with Gasteiger partial charge in [0, 0.05) is 30.0 Å². The fourth-order valence-electron chi connectivity index (χ4n) is 6.21. The molecule has 2 aromatic carbocycles. The summed E-state index contributed by atoms with van der Waals surface area (Å²) in [6.45, 7) is 8.75. The molecule has 1 fully saturated rings. The standard InChI is InChI=1S/C21H23BClFN2O3.C15H11BrClFN2O/c1-20(2)21(3,4)29-22(28-20)15-10-13-7-9-26(18(13)16(24)12-15)17(27)11-14-6-5-8-25-19(14)23;16-11-6-9-3-5-20(14(9)12(18)8-11)13(21)7-10-2-1-4-19-15(10)17/h5-6,8,10,12H,7,9,11H2,1-4H3;1-2,4,6,8H,3,5,7H2. The first kappa shape index (κ1) is 36.4. The Kier molecular flexibility index (Phi) is 10.4. The van der Waals surface area contributed by atoms with Crippen LogP contribution in [0.4, 0.5) is 20.2 Å². The number of amides is 2. The van der Waals surface area contributed by atoms with E-state index in [9.17, 15) is 14.0 Å². The fraction of sp³-hybridized carbons (Fsp3) is 0.333. The number of hydrogen-bond acceptors (Lipinski definition) is 6. The van der Waals surface area contributed by atoms with Crippen molar-refractivity contribution in [2.75, 3.05) is 22.9 Å². The van der Waals surface area contributed by atoms with Gasteiger partial charge >= 0.3 is 7.12 Å². The van der Waals surface area contributed by atoms with E-state index < -0.39 is 24.1 Å². The van der Waals surface area contributed by atoms with E-state index in [-0.39, 0.29) is 35.6 Å². The minimum absolute atomic E-state index is 0.0739. The van der Waals surface area contributed by atoms with Crippen LogP contribution in [0.5, 0.6) is 0 Å². The first-order valence-electron chi connectivity index (χ1n) is 16.1. The zero-order valence-electron chi connectivity index (χ0n) is 27.9. The molecule has 2 aromatic heterocycles. The Morgan fingerprint density at radius 2 is 1.26 bits per heavy atom. The molecule has 50 heavy (non-hydrogen) atoms. The molecule has 0 atom stereocenters. The van der Waals surface area contributed by atoms with Crippen molar-refractivity contribution in [2.45, 2.75) is 64.6 Å². The number of pyridine rings is 2. The van der Waals surface area contributed by atoms with Crippen molar-refractivity contribution in [1.29, 1.82) is 0 Å². The van der Waals surface area contributed by atoms with E-state index in [4.69, 9.17) is 32.5 Å². The highest BCUT2D eigenvalue weighted by Gasteiger charge is 2.52. The first-order valence-corrected chi connectivity index (χ1v) is 17.7. The number of halogens is 5. The number of anilines is 2. The van der Waals surface area contributed by atoms with Crippen LogP contribution in [0.2, 0.25) is 10.3 Å². The summed E-state index contributed by atoms with van der Waals surface area (Å²) >= 11 is 15.3. The summed E-state index contributed by atoms with van der Waals surface area (Å²) in [7, 11) is -0.640. The molecule has 0 aliphatic carbocycles. The number of aromatic nitrogens is 2. The quantitative estimate of drug-likeness (QED) is 0.159. The molecule has 0 unspecified atom stereocenters. The minimum atomic E-state index is -0.640. The van der Waals surface area contributed by atoms with Crippen LogP contribution in [0.1, 0.15) is 49.9 Å². The van der Waals surface area contributed by atoms with Gasteiger partial charge in [-0.3, -0.25) is 9.59 Å². The third-order valence-corrected chi connectivity index (χ3v) is 10.6. The third-order valence-electron chi connectivity index (χ3n) is 9.50. The van der Waals surface area contributed by atoms with Crippen molar-refractivity contribution in [3.8, 4) is 0 Å². The first-order chi connectivity index (χ1) is 23.6. The van der Waals surface area contributed by atoms with Crippen LogP contribution in [0.15, 0.2) is 65.4 Å². The van der Waals surface area contributed by atoms with Crippen LogP contribution >= 0.6 is 39.1 Å². The molecule has 260 valence electrons. The van der Waals surface area contributed by atoms with E-state index in [0.717, 1.165) is 11.1 Å². The lowest BCUT2D eigenvalue weighted by molar-refractivity contribution is -0.118. The van der Waals surface area contributed by atoms with Gasteiger partial charge in [-0.05, 0) is 98.6 Å². The third kappa shape index (κ3) is 7.32. The van der Waals surface area contributed by atoms with E-state index in [1.165, 1.54) is 21.9 Å². The number of nitrogens with zero attached hydrogens (tertiary/aromatic N) is 4. The van der Waals surface area contributed by atoms with Gasteiger partial charge in [0.05, 0.1) is 35.4 Å². The summed E-state index contributed by atoms with van der Waals surface area (Å²) in [6.07, 6.45) is 4.55. The van der Waals surface area contributed by atoms with E-state index in [2.05, 4.69) is 25.9 Å². The lowest BCUT2D eigenvalue weighted by Crippen LogP contribution is -2.41. The molecule has 3 aliphatic heterocycles. The van der Waals surface area contributed by atoms with Gasteiger partial charge in [-0.15, -0.1) is 0 Å². The molecule has 5 heterocycles. The normalized spacial score (nSPS) is 16.9. The summed E-state index contributed by atoms with van der Waals surface area (Å²) in [5.41, 5.74) is 3.23. The highest BCUT2D eigenvalue weighted by molar-refractivity contribution is 9.10. The molecular weight excluding hydrogens is 752 g/mol. The largest absolute Gasteiger partial charge is 0.494 e. The highest BCUT2D eigenvalue weighted by Crippen LogP contribution is 2.38. The van der Waals surface area contributed by atoms with Crippen molar-refractivity contribution >= 4 is 74.9 Å². The molecular formula is C36H34BBrCl2F2N4O4. The molecule has 0 saturated carbocycles. The van der Waals surface area contributed by atoms with Gasteiger partial charge in [0.25, 0.3) is 0 Å². The number of carbonyl (C=O) groups is 2. The van der Waals surface area contributed by atoms with Gasteiger partial charge in [-0.1, -0.05) is 57.3 Å². The highest BCUT2D eigenvalue weighted by atomic mass is 79.9. The Bertz CT molecular complexity index is 1970. The zero-order chi connectivity index (χ0) is 36.0. The van der Waals surface area contributed by atoms with Crippen molar-refractivity contribution in [3.63, 3.8) is 0 Å². The maximum Gasteiger partial charge on any atom is 0.494 e. The molecule has 7 rings (SSSR count). The predicted molar refractivity (Wildman–Crippen MR) is 194 cm³/mol. The Morgan fingerprint density at radius 3 is 1.74 bits per heavy atom. The van der Waals surface area contributed by atoms with E-state index in [1.54, 1.807) is 36.7 Å². The Hall–Kier alpha value is -3.42. The second kappa shape index (κ2) is 14.3. The number of fused-ring (bicyclic) bond motifs is 2. The maximum atomic E-state index is 15.1. The lowest BCUT2D eigenvalue weighted by atomic mass is 9.78. The molecule has 0 radical (unpaired) electrons. The average molecular weight is 786 g/mol. The Labute approximate surface area is 308 Å². The number of benzene rings is 2. The molecule has 8 nitrogen and oxygen atoms in total. The second-order valence-corrected chi connectivity index (χ2v) is 15.0. The minimum Gasteiger partial charge on any atom is -0.399 e. The molecule has 0 N–H and O–H groups in total. The second-order valence-electron chi connectivity index (χ2n) is 13.3. The molecule has 2 amide bonds. The number of rotatable bonds is 5. The van der Waals surface area contributed by atoms with Gasteiger partial charge < -0.3 is 19.1 Å². The molecule has 14 heteroatoms. The van der Waals surface area contributed by atoms with E-state index in [0.29, 0.717) is 63.5 Å². The zero-order valence-corrected chi connectivity index (χ0v) is 31.0. The van der Waals surface area contributed by atoms with Gasteiger partial charge in [0.1, 0.15) is 21.9 Å². The van der Waals surface area contributed by atoms with Crippen LogP contribution in [-0.2, 0) is 44.6 Å². The molecule has 1 saturated heterocycles. The maximum absolute atomic E-state index is 15.1. The smallest absolute Gasteiger partial charge is 0.399 e. The van der Waals surface area contributed by atoms with Crippen LogP contribution in [0.3, 0.4) is 0 Å². The molecule has 0 spiro atoms. The lowest BCUT2D eigenvalue weighted by Gasteiger charge is -2.32. The van der Waals surface area contributed by atoms with Gasteiger partial charge in [0.2, 0.25) is 11.8 Å². The molecule has 0 bridgehead atoms. The van der Waals surface area contributed by atoms with Gasteiger partial charge in [0.15, 0.2) is 0 Å². The van der Waals surface area contributed by atoms with Crippen molar-refractivity contribution in [2.24, 2.45) is 0 Å². The topological polar surface area (TPSA) is 84.9 Å². The average Bonchev–Trinajstić information content (AvgIpc) is 3.73. The fourth-order valence-corrected chi connectivity index (χ4v) is 7.06. The van der Waals surface area contributed by atoms with Gasteiger partial charge in [-0.25, -0.2) is 18.7 Å². The SMILES string of the molecule is CC1(C)OB(c2cc(F)c3c(c2)CCN3C(=O)Cc2cccnc2Cl)OC1(C)C.O=C(Cc1cccnc1Cl)N1CCc2cc(Br)cc(F)c21. The predicted octanol–water partition coefficient (Wildman–Crippen LogP) is 7.07. The number of carbonyl (C=O) groups excluding carboxylic acids is 2.